The van der Waals surface area contributed by atoms with Crippen molar-refractivity contribution in [1.82, 2.24) is 40.0 Å². The second-order valence-electron chi connectivity index (χ2n) is 18.5. The molecule has 366 valence electrons. The Bertz CT molecular complexity index is 3220. The summed E-state index contributed by atoms with van der Waals surface area (Å²) in [4.78, 5) is 74.4. The van der Waals surface area contributed by atoms with Gasteiger partial charge in [0.15, 0.2) is 23.1 Å². The molecule has 3 saturated heterocycles. The van der Waals surface area contributed by atoms with Gasteiger partial charge in [0.1, 0.15) is 22.7 Å². The van der Waals surface area contributed by atoms with Gasteiger partial charge < -0.3 is 20.0 Å². The quantitative estimate of drug-likeness (QED) is 0.132. The highest BCUT2D eigenvalue weighted by Gasteiger charge is 2.33. The maximum Gasteiger partial charge on any atom is 0.196 e. The average molecular weight is 982 g/mol. The summed E-state index contributed by atoms with van der Waals surface area (Å²) >= 11 is 5.78. The minimum Gasteiger partial charge on any atom is -0.381 e. The van der Waals surface area contributed by atoms with Crippen molar-refractivity contribution < 1.29 is 23.9 Å². The number of rotatable bonds is 7. The molecule has 0 saturated carbocycles. The lowest BCUT2D eigenvalue weighted by Gasteiger charge is -2.34. The highest BCUT2D eigenvalue weighted by Crippen LogP contribution is 2.33. The summed E-state index contributed by atoms with van der Waals surface area (Å²) < 4.78 is 4.94. The molecular weight excluding hydrogens is 924 g/mol. The van der Waals surface area contributed by atoms with Crippen molar-refractivity contribution >= 4 is 56.8 Å². The third-order valence-electron chi connectivity index (χ3n) is 13.7. The zero-order valence-electron chi connectivity index (χ0n) is 40.2. The van der Waals surface area contributed by atoms with Gasteiger partial charge in [0.25, 0.3) is 0 Å². The first-order valence-corrected chi connectivity index (χ1v) is 25.4. The predicted molar refractivity (Wildman–Crippen MR) is 280 cm³/mol. The lowest BCUT2D eigenvalue weighted by Crippen LogP contribution is -2.45. The number of alkyl halides is 1. The van der Waals surface area contributed by atoms with E-state index in [-0.39, 0.29) is 29.0 Å². The Morgan fingerprint density at radius 2 is 0.847 bits per heavy atom. The fourth-order valence-electron chi connectivity index (χ4n) is 9.93. The highest BCUT2D eigenvalue weighted by atomic mass is 35.5. The van der Waals surface area contributed by atoms with E-state index in [1.807, 2.05) is 12.1 Å². The molecule has 0 atom stereocenters. The summed E-state index contributed by atoms with van der Waals surface area (Å²) in [6, 6.07) is 42.2. The zero-order chi connectivity index (χ0) is 49.4. The molecule has 5 heterocycles. The Balaban J connectivity index is 0.000000129. The molecule has 13 nitrogen and oxygen atoms in total. The van der Waals surface area contributed by atoms with E-state index in [1.165, 1.54) is 37.1 Å². The van der Waals surface area contributed by atoms with Crippen molar-refractivity contribution in [3.8, 4) is 0 Å². The van der Waals surface area contributed by atoms with Crippen LogP contribution in [0.5, 0.6) is 0 Å². The summed E-state index contributed by atoms with van der Waals surface area (Å²) in [6.45, 7) is 13.3. The molecule has 3 aliphatic heterocycles. The number of nitrogens with one attached hydrogen (secondary N) is 3. The standard InChI is InChI=1S/C27H24N4O2.C16H9ClN2O2.C11H16N2.C4H8O/c32-26-19-8-4-5-9-20(19)27(33)24-21(26)10-11-22-25(24)29-23(28-22)17-31-14-12-30(13-15-31)16-18-6-2-1-3-7-18;17-7-12-18-11-6-5-10-13(14(11)19-12)16(21)9-4-2-1-3-8(9)15(10)20;1-2-4-11(5-3-1)10-13-8-6-12-7-9-13;1-2-4-5-3-1/h1-11H,12-17H2,(H,28,29);1-6H,7H2,(H,18,19);1-5,12H,6-10H2;1-4H2. The van der Waals surface area contributed by atoms with Gasteiger partial charge in [-0.25, -0.2) is 9.97 Å². The number of H-pyrrole nitrogens is 2. The molecule has 0 spiro atoms. The lowest BCUT2D eigenvalue weighted by atomic mass is 9.83. The maximum atomic E-state index is 13.2. The topological polar surface area (TPSA) is 157 Å². The Morgan fingerprint density at radius 1 is 0.444 bits per heavy atom. The summed E-state index contributed by atoms with van der Waals surface area (Å²) in [5, 5.41) is 3.36. The highest BCUT2D eigenvalue weighted by molar-refractivity contribution is 6.32. The number of aromatic nitrogens is 4. The zero-order valence-corrected chi connectivity index (χ0v) is 40.9. The van der Waals surface area contributed by atoms with Crippen LogP contribution in [-0.2, 0) is 30.3 Å². The van der Waals surface area contributed by atoms with Gasteiger partial charge in [-0.3, -0.25) is 33.9 Å². The van der Waals surface area contributed by atoms with E-state index in [4.69, 9.17) is 21.3 Å². The van der Waals surface area contributed by atoms with E-state index in [0.717, 1.165) is 76.9 Å². The number of carbonyl (C=O) groups excluding carboxylic acids is 4. The van der Waals surface area contributed by atoms with Gasteiger partial charge in [0.2, 0.25) is 0 Å². The Kier molecular flexibility index (Phi) is 15.3. The van der Waals surface area contributed by atoms with Crippen molar-refractivity contribution in [2.75, 3.05) is 65.6 Å². The molecule has 13 rings (SSSR count). The number of ketones is 4. The van der Waals surface area contributed by atoms with E-state index in [9.17, 15) is 19.2 Å². The third kappa shape index (κ3) is 10.8. The summed E-state index contributed by atoms with van der Waals surface area (Å²) in [6.07, 6.45) is 2.56. The van der Waals surface area contributed by atoms with Gasteiger partial charge in [-0.2, -0.15) is 0 Å². The second kappa shape index (κ2) is 22.6. The van der Waals surface area contributed by atoms with Crippen LogP contribution in [0.4, 0.5) is 0 Å². The van der Waals surface area contributed by atoms with Crippen LogP contribution in [0.3, 0.4) is 0 Å². The second-order valence-corrected chi connectivity index (χ2v) is 18.8. The first-order valence-electron chi connectivity index (χ1n) is 24.8. The fraction of sp³-hybridized carbons (Fsp3) is 0.276. The number of hydrogen-bond donors (Lipinski definition) is 3. The monoisotopic (exact) mass is 980 g/mol. The van der Waals surface area contributed by atoms with Crippen molar-refractivity contribution in [3.05, 3.63) is 201 Å². The van der Waals surface area contributed by atoms with E-state index in [1.54, 1.807) is 66.7 Å². The summed E-state index contributed by atoms with van der Waals surface area (Å²) in [5.41, 5.74) is 8.82. The molecular formula is C58H57ClN8O5. The van der Waals surface area contributed by atoms with Crippen LogP contribution >= 0.6 is 11.6 Å². The van der Waals surface area contributed by atoms with Crippen molar-refractivity contribution in [2.24, 2.45) is 0 Å². The first-order chi connectivity index (χ1) is 35.3. The predicted octanol–water partition coefficient (Wildman–Crippen LogP) is 8.62. The van der Waals surface area contributed by atoms with Gasteiger partial charge in [0, 0.05) is 112 Å². The van der Waals surface area contributed by atoms with E-state index in [2.05, 4.69) is 89.6 Å². The molecule has 3 fully saturated rings. The molecule has 3 N–H and O–H groups in total. The molecule has 0 unspecified atom stereocenters. The first kappa shape index (κ1) is 48.6. The molecule has 6 aromatic carbocycles. The normalized spacial score (nSPS) is 16.6. The molecule has 2 aromatic heterocycles. The number of halogens is 1. The largest absolute Gasteiger partial charge is 0.381 e. The number of hydrogen-bond acceptors (Lipinski definition) is 11. The van der Waals surface area contributed by atoms with Gasteiger partial charge >= 0.3 is 0 Å². The molecule has 14 heteroatoms. The van der Waals surface area contributed by atoms with E-state index >= 15 is 0 Å². The molecule has 72 heavy (non-hydrogen) atoms. The average Bonchev–Trinajstić information content (AvgIpc) is 4.24. The lowest BCUT2D eigenvalue weighted by molar-refractivity contribution is 0.0980. The van der Waals surface area contributed by atoms with E-state index < -0.39 is 0 Å². The molecule has 5 aliphatic rings. The van der Waals surface area contributed by atoms with Gasteiger partial charge in [0.05, 0.1) is 34.6 Å². The minimum absolute atomic E-state index is 0.110. The molecule has 2 aliphatic carbocycles. The Labute approximate surface area is 423 Å². The SMILES string of the molecule is C1CCOC1.O=C1c2ccccc2C(=O)c2c1ccc1[nH]c(CCl)nc21.O=C1c2ccccc2C(=O)c2c1ccc1[nH]c(CN3CCN(Cc4ccccc4)CC3)nc21.c1ccc(CN2CCNCC2)cc1. The van der Waals surface area contributed by atoms with Crippen LogP contribution in [0.1, 0.15) is 99.3 Å². The molecule has 0 radical (unpaired) electrons. The van der Waals surface area contributed by atoms with Gasteiger partial charge in [-0.15, -0.1) is 11.6 Å². The number of imidazole rings is 2. The number of nitrogens with zero attached hydrogens (tertiary/aromatic N) is 5. The van der Waals surface area contributed by atoms with Gasteiger partial charge in [-0.05, 0) is 48.2 Å². The fourth-order valence-corrected chi connectivity index (χ4v) is 10.1. The molecule has 8 aromatic rings. The molecule has 0 bridgehead atoms. The summed E-state index contributed by atoms with van der Waals surface area (Å²) in [7, 11) is 0. The smallest absolute Gasteiger partial charge is 0.196 e. The Hall–Kier alpha value is -6.97. The van der Waals surface area contributed by atoms with Crippen molar-refractivity contribution in [1.29, 1.82) is 0 Å². The van der Waals surface area contributed by atoms with Crippen LogP contribution in [0.15, 0.2) is 133 Å². The van der Waals surface area contributed by atoms with Gasteiger partial charge in [-0.1, -0.05) is 109 Å². The number of benzene rings is 6. The number of aromatic amines is 2. The number of ether oxygens (including phenoxy) is 1. The van der Waals surface area contributed by atoms with Crippen molar-refractivity contribution in [2.45, 2.75) is 38.4 Å². The Morgan fingerprint density at radius 3 is 1.29 bits per heavy atom. The van der Waals surface area contributed by atoms with Crippen LogP contribution < -0.4 is 5.32 Å². The number of carbonyl (C=O) groups is 4. The number of fused-ring (bicyclic) bond motifs is 8. The molecule has 0 amide bonds. The van der Waals surface area contributed by atoms with Crippen LogP contribution in [0.25, 0.3) is 22.1 Å². The third-order valence-corrected chi connectivity index (χ3v) is 13.9. The van der Waals surface area contributed by atoms with Crippen molar-refractivity contribution in [3.63, 3.8) is 0 Å². The maximum absolute atomic E-state index is 13.2. The summed E-state index contributed by atoms with van der Waals surface area (Å²) in [5.74, 6) is 1.09. The minimum atomic E-state index is -0.168. The van der Waals surface area contributed by atoms with E-state index in [0.29, 0.717) is 73.4 Å². The van der Waals surface area contributed by atoms with Crippen LogP contribution in [0, 0.1) is 0 Å². The van der Waals surface area contributed by atoms with Crippen LogP contribution in [-0.4, -0.2) is 123 Å². The van der Waals surface area contributed by atoms with Crippen LogP contribution in [0.2, 0.25) is 0 Å². The number of piperazine rings is 2.